The minimum atomic E-state index is 0.452. The molecule has 82 valence electrons. The normalized spacial score (nSPS) is 18.5. The molecular formula is C14H20O. The van der Waals surface area contributed by atoms with Gasteiger partial charge in [0.25, 0.3) is 0 Å². The summed E-state index contributed by atoms with van der Waals surface area (Å²) in [5.41, 5.74) is 1.25. The van der Waals surface area contributed by atoms with Crippen LogP contribution >= 0.6 is 0 Å². The van der Waals surface area contributed by atoms with E-state index in [1.54, 1.807) is 0 Å². The van der Waals surface area contributed by atoms with Crippen molar-refractivity contribution in [1.29, 1.82) is 0 Å². The zero-order valence-electron chi connectivity index (χ0n) is 9.54. The van der Waals surface area contributed by atoms with E-state index in [2.05, 4.69) is 31.2 Å². The highest BCUT2D eigenvalue weighted by molar-refractivity contribution is 5.31. The third-order valence-corrected chi connectivity index (χ3v) is 3.19. The van der Waals surface area contributed by atoms with Crippen LogP contribution in [-0.2, 0) is 0 Å². The van der Waals surface area contributed by atoms with Gasteiger partial charge in [-0.25, -0.2) is 0 Å². The number of rotatable bonds is 2. The third-order valence-electron chi connectivity index (χ3n) is 3.19. The van der Waals surface area contributed by atoms with Gasteiger partial charge < -0.3 is 4.74 Å². The van der Waals surface area contributed by atoms with Crippen LogP contribution in [0.15, 0.2) is 24.3 Å². The molecule has 0 N–H and O–H groups in total. The molecule has 2 rings (SSSR count). The number of para-hydroxylation sites is 1. The molecule has 0 saturated heterocycles. The first-order chi connectivity index (χ1) is 7.36. The lowest BCUT2D eigenvalue weighted by molar-refractivity contribution is 0.182. The Morgan fingerprint density at radius 1 is 1.00 bits per heavy atom. The summed E-state index contributed by atoms with van der Waals surface area (Å²) in [7, 11) is 0. The first-order valence-corrected chi connectivity index (χ1v) is 6.08. The Hall–Kier alpha value is -0.980. The van der Waals surface area contributed by atoms with Crippen molar-refractivity contribution in [2.24, 2.45) is 0 Å². The summed E-state index contributed by atoms with van der Waals surface area (Å²) in [5.74, 6) is 1.07. The Kier molecular flexibility index (Phi) is 3.65. The minimum Gasteiger partial charge on any atom is -0.490 e. The summed E-state index contributed by atoms with van der Waals surface area (Å²) in [6, 6.07) is 8.32. The molecule has 1 fully saturated rings. The molecule has 1 saturated carbocycles. The lowest BCUT2D eigenvalue weighted by atomic mass is 10.1. The van der Waals surface area contributed by atoms with E-state index >= 15 is 0 Å². The fraction of sp³-hybridized carbons (Fsp3) is 0.571. The van der Waals surface area contributed by atoms with Crippen molar-refractivity contribution in [2.75, 3.05) is 0 Å². The van der Waals surface area contributed by atoms with Crippen molar-refractivity contribution in [3.8, 4) is 5.75 Å². The molecule has 1 nitrogen and oxygen atoms in total. The lowest BCUT2D eigenvalue weighted by Crippen LogP contribution is -2.15. The Morgan fingerprint density at radius 3 is 2.33 bits per heavy atom. The van der Waals surface area contributed by atoms with Gasteiger partial charge in [-0.2, -0.15) is 0 Å². The van der Waals surface area contributed by atoms with Crippen LogP contribution in [0, 0.1) is 6.92 Å². The van der Waals surface area contributed by atoms with Gasteiger partial charge in [-0.3, -0.25) is 0 Å². The molecule has 1 aromatic carbocycles. The molecule has 0 aromatic heterocycles. The van der Waals surface area contributed by atoms with Crippen molar-refractivity contribution in [3.05, 3.63) is 29.8 Å². The molecule has 0 spiro atoms. The first kappa shape index (κ1) is 10.5. The zero-order chi connectivity index (χ0) is 10.5. The number of aryl methyl sites for hydroxylation is 1. The van der Waals surface area contributed by atoms with Crippen molar-refractivity contribution < 1.29 is 4.74 Å². The lowest BCUT2D eigenvalue weighted by Gasteiger charge is -2.18. The predicted octanol–water partition coefficient (Wildman–Crippen LogP) is 4.10. The van der Waals surface area contributed by atoms with Gasteiger partial charge in [0.05, 0.1) is 6.10 Å². The highest BCUT2D eigenvalue weighted by Crippen LogP contribution is 2.24. The van der Waals surface area contributed by atoms with Crippen molar-refractivity contribution >= 4 is 0 Å². The molecule has 0 unspecified atom stereocenters. The first-order valence-electron chi connectivity index (χ1n) is 6.08. The van der Waals surface area contributed by atoms with Gasteiger partial charge in [0, 0.05) is 0 Å². The number of ether oxygens (including phenoxy) is 1. The smallest absolute Gasteiger partial charge is 0.122 e. The van der Waals surface area contributed by atoms with E-state index < -0.39 is 0 Å². The summed E-state index contributed by atoms with van der Waals surface area (Å²) in [4.78, 5) is 0. The number of hydrogen-bond acceptors (Lipinski definition) is 1. The molecule has 0 heterocycles. The van der Waals surface area contributed by atoms with Crippen LogP contribution in [0.2, 0.25) is 0 Å². The Labute approximate surface area is 92.5 Å². The van der Waals surface area contributed by atoms with E-state index in [0.717, 1.165) is 5.75 Å². The zero-order valence-corrected chi connectivity index (χ0v) is 9.54. The fourth-order valence-corrected chi connectivity index (χ4v) is 2.23. The summed E-state index contributed by atoms with van der Waals surface area (Å²) in [6.45, 7) is 2.12. The topological polar surface area (TPSA) is 9.23 Å². The van der Waals surface area contributed by atoms with Gasteiger partial charge in [0.15, 0.2) is 0 Å². The minimum absolute atomic E-state index is 0.452. The van der Waals surface area contributed by atoms with Crippen molar-refractivity contribution in [1.82, 2.24) is 0 Å². The van der Waals surface area contributed by atoms with E-state index in [-0.39, 0.29) is 0 Å². The summed E-state index contributed by atoms with van der Waals surface area (Å²) < 4.78 is 6.07. The summed E-state index contributed by atoms with van der Waals surface area (Å²) >= 11 is 0. The van der Waals surface area contributed by atoms with Gasteiger partial charge in [0.1, 0.15) is 5.75 Å². The third kappa shape index (κ3) is 2.98. The number of benzene rings is 1. The second-order valence-corrected chi connectivity index (χ2v) is 4.50. The second kappa shape index (κ2) is 5.20. The summed E-state index contributed by atoms with van der Waals surface area (Å²) in [5, 5.41) is 0. The quantitative estimate of drug-likeness (QED) is 0.659. The summed E-state index contributed by atoms with van der Waals surface area (Å²) in [6.07, 6.45) is 8.34. The monoisotopic (exact) mass is 204 g/mol. The van der Waals surface area contributed by atoms with Crippen LogP contribution in [-0.4, -0.2) is 6.10 Å². The molecule has 0 bridgehead atoms. The van der Waals surface area contributed by atoms with Crippen LogP contribution in [0.5, 0.6) is 5.75 Å². The maximum Gasteiger partial charge on any atom is 0.122 e. The van der Waals surface area contributed by atoms with Gasteiger partial charge in [-0.15, -0.1) is 0 Å². The van der Waals surface area contributed by atoms with Crippen LogP contribution in [0.4, 0.5) is 0 Å². The number of hydrogen-bond donors (Lipinski definition) is 0. The molecule has 0 aliphatic heterocycles. The molecule has 1 aromatic rings. The average molecular weight is 204 g/mol. The van der Waals surface area contributed by atoms with E-state index in [9.17, 15) is 0 Å². The predicted molar refractivity (Wildman–Crippen MR) is 63.3 cm³/mol. The van der Waals surface area contributed by atoms with Crippen LogP contribution in [0.1, 0.15) is 44.1 Å². The van der Waals surface area contributed by atoms with Gasteiger partial charge in [0.2, 0.25) is 0 Å². The van der Waals surface area contributed by atoms with Crippen molar-refractivity contribution in [2.45, 2.75) is 51.6 Å². The molecule has 15 heavy (non-hydrogen) atoms. The van der Waals surface area contributed by atoms with Gasteiger partial charge in [-0.05, 0) is 44.2 Å². The Morgan fingerprint density at radius 2 is 1.67 bits per heavy atom. The van der Waals surface area contributed by atoms with E-state index in [0.29, 0.717) is 6.10 Å². The maximum absolute atomic E-state index is 6.07. The standard InChI is InChI=1S/C14H20O/c1-12-8-6-7-11-14(12)15-13-9-4-2-3-5-10-13/h6-8,11,13H,2-5,9-10H2,1H3. The van der Waals surface area contributed by atoms with Crippen LogP contribution in [0.3, 0.4) is 0 Å². The van der Waals surface area contributed by atoms with E-state index in [1.165, 1.54) is 44.1 Å². The van der Waals surface area contributed by atoms with E-state index in [4.69, 9.17) is 4.74 Å². The maximum atomic E-state index is 6.07. The van der Waals surface area contributed by atoms with Crippen molar-refractivity contribution in [3.63, 3.8) is 0 Å². The fourth-order valence-electron chi connectivity index (χ4n) is 2.23. The molecule has 0 radical (unpaired) electrons. The molecule has 1 heteroatoms. The van der Waals surface area contributed by atoms with Crippen LogP contribution < -0.4 is 4.74 Å². The van der Waals surface area contributed by atoms with Crippen LogP contribution in [0.25, 0.3) is 0 Å². The SMILES string of the molecule is Cc1ccccc1OC1CCCCCC1. The largest absolute Gasteiger partial charge is 0.490 e. The highest BCUT2D eigenvalue weighted by Gasteiger charge is 2.14. The molecule has 1 aliphatic rings. The average Bonchev–Trinajstić information content (AvgIpc) is 2.50. The molecule has 0 atom stereocenters. The Bertz CT molecular complexity index is 298. The van der Waals surface area contributed by atoms with E-state index in [1.807, 2.05) is 0 Å². The van der Waals surface area contributed by atoms with Gasteiger partial charge >= 0.3 is 0 Å². The Balaban J connectivity index is 1.98. The molecule has 1 aliphatic carbocycles. The highest BCUT2D eigenvalue weighted by atomic mass is 16.5. The molecule has 0 amide bonds. The van der Waals surface area contributed by atoms with Gasteiger partial charge in [-0.1, -0.05) is 31.0 Å². The molecular weight excluding hydrogens is 184 g/mol. The second-order valence-electron chi connectivity index (χ2n) is 4.50.